The fraction of sp³-hybridized carbons (Fsp3) is 0.300. The van der Waals surface area contributed by atoms with Crippen molar-refractivity contribution in [3.63, 3.8) is 0 Å². The third-order valence-corrected chi connectivity index (χ3v) is 5.50. The maximum atomic E-state index is 12.6. The van der Waals surface area contributed by atoms with Crippen LogP contribution in [-0.4, -0.2) is 29.1 Å². The minimum atomic E-state index is -0.430. The van der Waals surface area contributed by atoms with Crippen LogP contribution < -0.4 is 4.80 Å². The smallest absolute Gasteiger partial charge is 0.270 e. The number of fused-ring (bicyclic) bond motifs is 1. The van der Waals surface area contributed by atoms with E-state index < -0.39 is 4.92 Å². The molecule has 28 heavy (non-hydrogen) atoms. The van der Waals surface area contributed by atoms with Crippen LogP contribution in [0.3, 0.4) is 0 Å². The van der Waals surface area contributed by atoms with Gasteiger partial charge in [0.05, 0.1) is 28.2 Å². The van der Waals surface area contributed by atoms with E-state index in [1.807, 2.05) is 36.6 Å². The molecule has 7 nitrogen and oxygen atoms in total. The minimum absolute atomic E-state index is 0.0146. The van der Waals surface area contributed by atoms with E-state index in [9.17, 15) is 14.9 Å². The zero-order valence-corrected chi connectivity index (χ0v) is 16.8. The number of carbonyl (C=O) groups excluding carboxylic acids is 1. The zero-order chi connectivity index (χ0) is 20.3. The van der Waals surface area contributed by atoms with Crippen LogP contribution >= 0.6 is 11.3 Å². The van der Waals surface area contributed by atoms with E-state index in [0.29, 0.717) is 22.7 Å². The van der Waals surface area contributed by atoms with Crippen molar-refractivity contribution in [1.29, 1.82) is 0 Å². The number of hydrogen-bond donors (Lipinski definition) is 0. The highest BCUT2D eigenvalue weighted by Crippen LogP contribution is 2.23. The first-order chi connectivity index (χ1) is 13.4. The number of thiazole rings is 1. The SMILES string of the molecule is COCCn1c(=NC(=O)Cc2ccc(C)cc2C)sc2cc([N+](=O)[O-])ccc21. The first-order valence-corrected chi connectivity index (χ1v) is 9.61. The van der Waals surface area contributed by atoms with Gasteiger partial charge in [-0.15, -0.1) is 0 Å². The van der Waals surface area contributed by atoms with Crippen molar-refractivity contribution >= 4 is 33.1 Å². The second-order valence-corrected chi connectivity index (χ2v) is 7.56. The lowest BCUT2D eigenvalue weighted by molar-refractivity contribution is -0.384. The summed E-state index contributed by atoms with van der Waals surface area (Å²) in [5.74, 6) is -0.251. The van der Waals surface area contributed by atoms with E-state index in [2.05, 4.69) is 4.99 Å². The predicted molar refractivity (Wildman–Crippen MR) is 109 cm³/mol. The topological polar surface area (TPSA) is 86.7 Å². The Labute approximate surface area is 166 Å². The average molecular weight is 399 g/mol. The van der Waals surface area contributed by atoms with Crippen molar-refractivity contribution in [3.05, 3.63) is 68.0 Å². The number of non-ortho nitro benzene ring substituents is 1. The third kappa shape index (κ3) is 4.35. The van der Waals surface area contributed by atoms with Crippen molar-refractivity contribution in [2.24, 2.45) is 4.99 Å². The average Bonchev–Trinajstić information content (AvgIpc) is 2.98. The number of methoxy groups -OCH3 is 1. The fourth-order valence-corrected chi connectivity index (χ4v) is 4.12. The molecule has 0 aliphatic carbocycles. The molecule has 0 spiro atoms. The van der Waals surface area contributed by atoms with Crippen molar-refractivity contribution in [3.8, 4) is 0 Å². The van der Waals surface area contributed by atoms with Gasteiger partial charge < -0.3 is 9.30 Å². The van der Waals surface area contributed by atoms with Crippen molar-refractivity contribution in [1.82, 2.24) is 4.57 Å². The molecule has 0 N–H and O–H groups in total. The number of nitro benzene ring substituents is 1. The molecule has 8 heteroatoms. The van der Waals surface area contributed by atoms with E-state index >= 15 is 0 Å². The van der Waals surface area contributed by atoms with Gasteiger partial charge in [0.2, 0.25) is 0 Å². The van der Waals surface area contributed by atoms with Crippen LogP contribution in [0.1, 0.15) is 16.7 Å². The molecule has 0 fully saturated rings. The van der Waals surface area contributed by atoms with Crippen LogP contribution in [0, 0.1) is 24.0 Å². The van der Waals surface area contributed by atoms with Crippen LogP contribution in [0.5, 0.6) is 0 Å². The predicted octanol–water partition coefficient (Wildman–Crippen LogP) is 3.54. The number of hydrogen-bond acceptors (Lipinski definition) is 5. The normalized spacial score (nSPS) is 11.9. The molecule has 146 valence electrons. The van der Waals surface area contributed by atoms with Crippen LogP contribution in [-0.2, 0) is 22.5 Å². The molecule has 3 aromatic rings. The Hall–Kier alpha value is -2.84. The molecule has 0 saturated carbocycles. The molecule has 2 aromatic carbocycles. The molecule has 0 aliphatic heterocycles. The second kappa shape index (κ2) is 8.45. The molecular formula is C20H21N3O4S. The van der Waals surface area contributed by atoms with Gasteiger partial charge in [-0.3, -0.25) is 14.9 Å². The Morgan fingerprint density at radius 1 is 1.25 bits per heavy atom. The van der Waals surface area contributed by atoms with Gasteiger partial charge in [0.25, 0.3) is 11.6 Å². The number of nitro groups is 1. The lowest BCUT2D eigenvalue weighted by atomic mass is 10.0. The molecule has 3 rings (SSSR count). The minimum Gasteiger partial charge on any atom is -0.383 e. The number of rotatable bonds is 6. The van der Waals surface area contributed by atoms with Crippen molar-refractivity contribution < 1.29 is 14.5 Å². The third-order valence-electron chi connectivity index (χ3n) is 4.46. The van der Waals surface area contributed by atoms with Gasteiger partial charge in [0.15, 0.2) is 4.80 Å². The highest BCUT2D eigenvalue weighted by atomic mass is 32.1. The molecule has 1 heterocycles. The Bertz CT molecular complexity index is 1110. The van der Waals surface area contributed by atoms with Crippen LogP contribution in [0.25, 0.3) is 10.2 Å². The lowest BCUT2D eigenvalue weighted by Crippen LogP contribution is -2.19. The Balaban J connectivity index is 2.01. The maximum absolute atomic E-state index is 12.6. The summed E-state index contributed by atoms with van der Waals surface area (Å²) in [7, 11) is 1.60. The van der Waals surface area contributed by atoms with Crippen LogP contribution in [0.2, 0.25) is 0 Å². The van der Waals surface area contributed by atoms with E-state index in [1.54, 1.807) is 13.2 Å². The maximum Gasteiger partial charge on any atom is 0.270 e. The Morgan fingerprint density at radius 3 is 2.71 bits per heavy atom. The van der Waals surface area contributed by atoms with Crippen molar-refractivity contribution in [2.45, 2.75) is 26.8 Å². The largest absolute Gasteiger partial charge is 0.383 e. The van der Waals surface area contributed by atoms with Crippen LogP contribution in [0.4, 0.5) is 5.69 Å². The van der Waals surface area contributed by atoms with Crippen LogP contribution in [0.15, 0.2) is 41.4 Å². The molecule has 0 unspecified atom stereocenters. The molecule has 0 saturated heterocycles. The number of nitrogens with zero attached hydrogens (tertiary/aromatic N) is 3. The summed E-state index contributed by atoms with van der Waals surface area (Å²) in [4.78, 5) is 28.0. The Kier molecular flexibility index (Phi) is 6.01. The van der Waals surface area contributed by atoms with Gasteiger partial charge in [-0.1, -0.05) is 35.1 Å². The highest BCUT2D eigenvalue weighted by molar-refractivity contribution is 7.16. The number of benzene rings is 2. The quantitative estimate of drug-likeness (QED) is 0.469. The van der Waals surface area contributed by atoms with Gasteiger partial charge >= 0.3 is 0 Å². The van der Waals surface area contributed by atoms with E-state index in [0.717, 1.165) is 22.2 Å². The summed E-state index contributed by atoms with van der Waals surface area (Å²) in [6.07, 6.45) is 0.213. The summed E-state index contributed by atoms with van der Waals surface area (Å²) in [6, 6.07) is 10.6. The van der Waals surface area contributed by atoms with E-state index in [4.69, 9.17) is 4.74 Å². The number of aromatic nitrogens is 1. The van der Waals surface area contributed by atoms with Gasteiger partial charge in [-0.05, 0) is 31.0 Å². The molecule has 0 atom stereocenters. The van der Waals surface area contributed by atoms with Gasteiger partial charge in [0.1, 0.15) is 0 Å². The van der Waals surface area contributed by atoms with Crippen molar-refractivity contribution in [2.75, 3.05) is 13.7 Å². The van der Waals surface area contributed by atoms with E-state index in [-0.39, 0.29) is 18.0 Å². The molecule has 0 aliphatic rings. The zero-order valence-electron chi connectivity index (χ0n) is 16.0. The van der Waals surface area contributed by atoms with Gasteiger partial charge in [0, 0.05) is 25.8 Å². The number of aryl methyl sites for hydroxylation is 2. The summed E-state index contributed by atoms with van der Waals surface area (Å²) in [5, 5.41) is 11.1. The first kappa shape index (κ1) is 19.9. The molecule has 1 amide bonds. The summed E-state index contributed by atoms with van der Waals surface area (Å²) in [6.45, 7) is 4.94. The fourth-order valence-electron chi connectivity index (χ4n) is 3.01. The van der Waals surface area contributed by atoms with Gasteiger partial charge in [-0.25, -0.2) is 0 Å². The number of carbonyl (C=O) groups is 1. The first-order valence-electron chi connectivity index (χ1n) is 8.79. The lowest BCUT2D eigenvalue weighted by Gasteiger charge is -2.05. The molecular weight excluding hydrogens is 378 g/mol. The molecule has 1 aromatic heterocycles. The monoisotopic (exact) mass is 399 g/mol. The highest BCUT2D eigenvalue weighted by Gasteiger charge is 2.13. The second-order valence-electron chi connectivity index (χ2n) is 6.55. The summed E-state index contributed by atoms with van der Waals surface area (Å²) >= 11 is 1.27. The Morgan fingerprint density at radius 2 is 2.04 bits per heavy atom. The molecule has 0 radical (unpaired) electrons. The number of amides is 1. The van der Waals surface area contributed by atoms with E-state index in [1.165, 1.54) is 23.5 Å². The van der Waals surface area contributed by atoms with Gasteiger partial charge in [-0.2, -0.15) is 4.99 Å². The summed E-state index contributed by atoms with van der Waals surface area (Å²) < 4.78 is 7.74. The standard InChI is InChI=1S/C20H21N3O4S/c1-13-4-5-15(14(2)10-13)11-19(24)21-20-22(8-9-27-3)17-7-6-16(23(25)26)12-18(17)28-20/h4-7,10,12H,8-9,11H2,1-3H3. The number of ether oxygens (including phenoxy) is 1. The summed E-state index contributed by atoms with van der Waals surface area (Å²) in [5.41, 5.74) is 3.96. The molecule has 0 bridgehead atoms.